The molecule has 0 amide bonds. The van der Waals surface area contributed by atoms with Crippen LogP contribution in [0.5, 0.6) is 5.88 Å². The number of ether oxygens (including phenoxy) is 2. The van der Waals surface area contributed by atoms with Crippen LogP contribution in [0.15, 0.2) is 23.3 Å². The van der Waals surface area contributed by atoms with Crippen LogP contribution in [0.2, 0.25) is 0 Å². The molecule has 0 aliphatic rings. The predicted octanol–water partition coefficient (Wildman–Crippen LogP) is 3.51. The molecule has 0 fully saturated rings. The molecule has 0 saturated heterocycles. The second-order valence-electron chi connectivity index (χ2n) is 5.58. The average Bonchev–Trinajstić information content (AvgIpc) is 2.62. The van der Waals surface area contributed by atoms with Gasteiger partial charge in [0.2, 0.25) is 5.88 Å². The highest BCUT2D eigenvalue weighted by molar-refractivity contribution is 14.0. The molecule has 0 aromatic carbocycles. The third-order valence-electron chi connectivity index (χ3n) is 3.27. The third-order valence-corrected chi connectivity index (χ3v) is 3.27. The van der Waals surface area contributed by atoms with E-state index in [0.29, 0.717) is 19.1 Å². The van der Waals surface area contributed by atoms with Gasteiger partial charge in [-0.05, 0) is 18.4 Å². The molecular formula is C17H28F3IN4O2. The first-order chi connectivity index (χ1) is 12.4. The molecule has 27 heavy (non-hydrogen) atoms. The first-order valence-electron chi connectivity index (χ1n) is 8.61. The van der Waals surface area contributed by atoms with Gasteiger partial charge < -0.3 is 20.1 Å². The zero-order chi connectivity index (χ0) is 19.3. The van der Waals surface area contributed by atoms with Gasteiger partial charge in [0.05, 0.1) is 0 Å². The maximum absolute atomic E-state index is 12.1. The van der Waals surface area contributed by atoms with Gasteiger partial charge in [0, 0.05) is 45.6 Å². The fraction of sp³-hybridized carbons (Fsp3) is 0.647. The minimum atomic E-state index is -4.37. The number of rotatable bonds is 11. The maximum Gasteiger partial charge on any atom is 0.422 e. The summed E-state index contributed by atoms with van der Waals surface area (Å²) in [5.74, 6) is 0.576. The molecular weight excluding hydrogens is 476 g/mol. The number of halogens is 4. The molecule has 0 unspecified atom stereocenters. The van der Waals surface area contributed by atoms with Crippen molar-refractivity contribution in [2.75, 3.05) is 33.4 Å². The standard InChI is InChI=1S/C17H27F3N4O2.HI/c1-3-4-9-25-10-5-8-22-16(21-2)24-12-14-6-7-15(23-11-14)26-13-17(18,19)20;/h6-7,11H,3-5,8-10,12-13H2,1-2H3,(H2,21,22,24);1H. The summed E-state index contributed by atoms with van der Waals surface area (Å²) in [6.45, 7) is 3.44. The fourth-order valence-corrected chi connectivity index (χ4v) is 1.89. The van der Waals surface area contributed by atoms with E-state index in [9.17, 15) is 13.2 Å². The molecule has 10 heteroatoms. The number of aromatic nitrogens is 1. The van der Waals surface area contributed by atoms with Gasteiger partial charge in [-0.1, -0.05) is 19.4 Å². The van der Waals surface area contributed by atoms with Gasteiger partial charge in [0.1, 0.15) is 0 Å². The molecule has 0 radical (unpaired) electrons. The molecule has 0 aliphatic heterocycles. The highest BCUT2D eigenvalue weighted by Crippen LogP contribution is 2.16. The largest absolute Gasteiger partial charge is 0.468 e. The molecule has 1 aromatic heterocycles. The number of unbranched alkanes of at least 4 members (excludes halogenated alkanes) is 1. The van der Waals surface area contributed by atoms with Crippen LogP contribution in [0.4, 0.5) is 13.2 Å². The van der Waals surface area contributed by atoms with Gasteiger partial charge in [0.15, 0.2) is 12.6 Å². The van der Waals surface area contributed by atoms with Gasteiger partial charge in [-0.25, -0.2) is 4.98 Å². The van der Waals surface area contributed by atoms with Crippen molar-refractivity contribution >= 4 is 29.9 Å². The van der Waals surface area contributed by atoms with Gasteiger partial charge >= 0.3 is 6.18 Å². The molecule has 1 heterocycles. The van der Waals surface area contributed by atoms with Crippen molar-refractivity contribution in [2.24, 2.45) is 4.99 Å². The Kier molecular flexibility index (Phi) is 14.0. The quantitative estimate of drug-likeness (QED) is 0.209. The number of hydrogen-bond donors (Lipinski definition) is 2. The SMILES string of the molecule is CCCCOCCCNC(=NC)NCc1ccc(OCC(F)(F)F)nc1.I. The van der Waals surface area contributed by atoms with E-state index >= 15 is 0 Å². The van der Waals surface area contributed by atoms with Crippen molar-refractivity contribution in [1.82, 2.24) is 15.6 Å². The fourth-order valence-electron chi connectivity index (χ4n) is 1.89. The third kappa shape index (κ3) is 13.5. The van der Waals surface area contributed by atoms with E-state index in [1.807, 2.05) is 0 Å². The predicted molar refractivity (Wildman–Crippen MR) is 110 cm³/mol. The molecule has 156 valence electrons. The van der Waals surface area contributed by atoms with Crippen LogP contribution < -0.4 is 15.4 Å². The first-order valence-corrected chi connectivity index (χ1v) is 8.61. The van der Waals surface area contributed by atoms with Crippen molar-refractivity contribution in [1.29, 1.82) is 0 Å². The normalized spacial score (nSPS) is 11.7. The average molecular weight is 504 g/mol. The molecule has 0 spiro atoms. The van der Waals surface area contributed by atoms with Crippen LogP contribution in [0.1, 0.15) is 31.7 Å². The first kappa shape index (κ1) is 25.7. The zero-order valence-electron chi connectivity index (χ0n) is 15.6. The zero-order valence-corrected chi connectivity index (χ0v) is 18.0. The number of guanidine groups is 1. The smallest absolute Gasteiger partial charge is 0.422 e. The van der Waals surface area contributed by atoms with Crippen molar-refractivity contribution in [2.45, 2.75) is 38.9 Å². The second kappa shape index (κ2) is 14.7. The summed E-state index contributed by atoms with van der Waals surface area (Å²) < 4.78 is 46.3. The van der Waals surface area contributed by atoms with E-state index in [1.54, 1.807) is 13.1 Å². The lowest BCUT2D eigenvalue weighted by molar-refractivity contribution is -0.154. The summed E-state index contributed by atoms with van der Waals surface area (Å²) in [7, 11) is 1.67. The van der Waals surface area contributed by atoms with Gasteiger partial charge in [-0.2, -0.15) is 13.2 Å². The second-order valence-corrected chi connectivity index (χ2v) is 5.58. The number of alkyl halides is 3. The Morgan fingerprint density at radius 1 is 1.19 bits per heavy atom. The Balaban J connectivity index is 0.00000676. The van der Waals surface area contributed by atoms with E-state index in [1.165, 1.54) is 12.3 Å². The van der Waals surface area contributed by atoms with Gasteiger partial charge in [-0.15, -0.1) is 24.0 Å². The van der Waals surface area contributed by atoms with Crippen LogP contribution in [0.25, 0.3) is 0 Å². The minimum absolute atomic E-state index is 0. The van der Waals surface area contributed by atoms with Crippen molar-refractivity contribution in [3.05, 3.63) is 23.9 Å². The number of nitrogens with zero attached hydrogens (tertiary/aromatic N) is 2. The Hall–Kier alpha value is -1.30. The highest BCUT2D eigenvalue weighted by atomic mass is 127. The van der Waals surface area contributed by atoms with Gasteiger partial charge in [0.25, 0.3) is 0 Å². The molecule has 6 nitrogen and oxygen atoms in total. The molecule has 2 N–H and O–H groups in total. The Bertz CT molecular complexity index is 528. The van der Waals surface area contributed by atoms with E-state index in [2.05, 4.69) is 32.3 Å². The van der Waals surface area contributed by atoms with Crippen LogP contribution in [-0.2, 0) is 11.3 Å². The number of hydrogen-bond acceptors (Lipinski definition) is 4. The Labute approximate surface area is 175 Å². The molecule has 1 rings (SSSR count). The van der Waals surface area contributed by atoms with Crippen LogP contribution in [0.3, 0.4) is 0 Å². The van der Waals surface area contributed by atoms with Crippen LogP contribution in [0, 0.1) is 0 Å². The van der Waals surface area contributed by atoms with Gasteiger partial charge in [-0.3, -0.25) is 4.99 Å². The minimum Gasteiger partial charge on any atom is -0.468 e. The topological polar surface area (TPSA) is 67.8 Å². The van der Waals surface area contributed by atoms with E-state index in [-0.39, 0.29) is 29.9 Å². The van der Waals surface area contributed by atoms with Crippen LogP contribution >= 0.6 is 24.0 Å². The molecule has 0 atom stereocenters. The molecule has 0 saturated carbocycles. The summed E-state index contributed by atoms with van der Waals surface area (Å²) in [6.07, 6.45) is 0.162. The monoisotopic (exact) mass is 504 g/mol. The summed E-state index contributed by atoms with van der Waals surface area (Å²) >= 11 is 0. The van der Waals surface area contributed by atoms with E-state index in [4.69, 9.17) is 4.74 Å². The Morgan fingerprint density at radius 3 is 2.52 bits per heavy atom. The van der Waals surface area contributed by atoms with Crippen molar-refractivity contribution in [3.63, 3.8) is 0 Å². The molecule has 0 aliphatic carbocycles. The lowest BCUT2D eigenvalue weighted by Crippen LogP contribution is -2.37. The molecule has 0 bridgehead atoms. The summed E-state index contributed by atoms with van der Waals surface area (Å²) in [5, 5.41) is 6.28. The van der Waals surface area contributed by atoms with Crippen LogP contribution in [-0.4, -0.2) is 50.5 Å². The summed E-state index contributed by atoms with van der Waals surface area (Å²) in [4.78, 5) is 7.97. The number of nitrogens with one attached hydrogen (secondary N) is 2. The lowest BCUT2D eigenvalue weighted by atomic mass is 10.3. The highest BCUT2D eigenvalue weighted by Gasteiger charge is 2.28. The van der Waals surface area contributed by atoms with Crippen molar-refractivity contribution in [3.8, 4) is 5.88 Å². The number of aliphatic imine (C=N–C) groups is 1. The Morgan fingerprint density at radius 2 is 1.93 bits per heavy atom. The van der Waals surface area contributed by atoms with E-state index < -0.39 is 12.8 Å². The lowest BCUT2D eigenvalue weighted by Gasteiger charge is -2.12. The number of pyridine rings is 1. The summed E-state index contributed by atoms with van der Waals surface area (Å²) in [6, 6.07) is 3.06. The maximum atomic E-state index is 12.1. The van der Waals surface area contributed by atoms with Crippen molar-refractivity contribution < 1.29 is 22.6 Å². The van der Waals surface area contributed by atoms with E-state index in [0.717, 1.165) is 38.0 Å². The summed E-state index contributed by atoms with van der Waals surface area (Å²) in [5.41, 5.74) is 0.801. The molecule has 1 aromatic rings.